The normalized spacial score (nSPS) is 11.8. The molecule has 0 aromatic carbocycles. The van der Waals surface area contributed by atoms with Gasteiger partial charge in [-0.15, -0.1) is 0 Å². The van der Waals surface area contributed by atoms with E-state index in [4.69, 9.17) is 0 Å². The summed E-state index contributed by atoms with van der Waals surface area (Å²) in [5.74, 6) is -2.87. The van der Waals surface area contributed by atoms with Crippen LogP contribution in [0.2, 0.25) is 0 Å². The van der Waals surface area contributed by atoms with Crippen LogP contribution in [0, 0.1) is 0 Å². The summed E-state index contributed by atoms with van der Waals surface area (Å²) >= 11 is 0. The third kappa shape index (κ3) is 51.5. The minimum Gasteiger partial charge on any atom is -0.549 e. The summed E-state index contributed by atoms with van der Waals surface area (Å²) in [6.45, 7) is 3.13. The van der Waals surface area contributed by atoms with Crippen LogP contribution in [0.4, 0.5) is 0 Å². The molecule has 0 spiro atoms. The number of carbonyl (C=O) groups excluding carboxylic acids is 2. The summed E-state index contributed by atoms with van der Waals surface area (Å²) in [4.78, 5) is 20.4. The van der Waals surface area contributed by atoms with Crippen LogP contribution in [-0.4, -0.2) is 79.6 Å². The Bertz CT molecular complexity index is 1010. The number of hydrogen-bond donors (Lipinski definition) is 2. The summed E-state index contributed by atoms with van der Waals surface area (Å²) in [5, 5.41) is 22.5. The van der Waals surface area contributed by atoms with Crippen LogP contribution in [0.3, 0.4) is 0 Å². The standard InChI is InChI=1S/2C20H39NO4S.Ca/c2*1-2-3-4-5-6-7-8-9-10-11-12-13-14-15-16-17-18-26(24,25)21-19-20(22)23;/h2*17-18,21H,2-16,19H2,1H3,(H,22,23);/q;;+2/p-2/b2*18-17+;. The SMILES string of the molecule is CCCCCCCCCCCCCCCC/C=C/S(=O)(=O)NCC(=O)[O-].CCCCCCCCCCCCCCCC/C=C/S(=O)(=O)NCC(=O)[O-].[Ca+2]. The summed E-state index contributed by atoms with van der Waals surface area (Å²) in [5.41, 5.74) is 0. The maximum Gasteiger partial charge on any atom is 2.00 e. The van der Waals surface area contributed by atoms with Gasteiger partial charge in [-0.3, -0.25) is 0 Å². The minimum atomic E-state index is -3.65. The first-order valence-corrected chi connectivity index (χ1v) is 23.8. The third-order valence-corrected chi connectivity index (χ3v) is 11.0. The number of hydrogen-bond acceptors (Lipinski definition) is 8. The number of sulfonamides is 2. The van der Waals surface area contributed by atoms with E-state index in [2.05, 4.69) is 13.8 Å². The van der Waals surface area contributed by atoms with E-state index in [0.717, 1.165) is 36.5 Å². The molecular formula is C40H76CaN2O8S2. The van der Waals surface area contributed by atoms with Crippen LogP contribution in [0.5, 0.6) is 0 Å². The van der Waals surface area contributed by atoms with Crippen molar-refractivity contribution in [2.24, 2.45) is 0 Å². The molecule has 0 saturated carbocycles. The zero-order valence-corrected chi connectivity index (χ0v) is 37.6. The number of allylic oxidation sites excluding steroid dienone is 2. The van der Waals surface area contributed by atoms with Gasteiger partial charge in [-0.05, 0) is 25.7 Å². The van der Waals surface area contributed by atoms with E-state index in [1.807, 2.05) is 9.44 Å². The Morgan fingerprint density at radius 1 is 0.415 bits per heavy atom. The third-order valence-electron chi connectivity index (χ3n) is 8.83. The van der Waals surface area contributed by atoms with E-state index in [9.17, 15) is 36.6 Å². The van der Waals surface area contributed by atoms with Gasteiger partial charge in [0.1, 0.15) is 0 Å². The molecule has 0 rings (SSSR count). The summed E-state index contributed by atoms with van der Waals surface area (Å²) in [6, 6.07) is 0. The average Bonchev–Trinajstić information content (AvgIpc) is 3.10. The molecule has 53 heavy (non-hydrogen) atoms. The van der Waals surface area contributed by atoms with Gasteiger partial charge in [-0.25, -0.2) is 26.3 Å². The molecule has 0 aliphatic carbocycles. The van der Waals surface area contributed by atoms with E-state index >= 15 is 0 Å². The molecule has 0 fully saturated rings. The monoisotopic (exact) mass is 816 g/mol. The molecule has 10 nitrogen and oxygen atoms in total. The molecule has 0 bridgehead atoms. The second kappa shape index (κ2) is 42.6. The van der Waals surface area contributed by atoms with Crippen molar-refractivity contribution >= 4 is 69.7 Å². The zero-order chi connectivity index (χ0) is 39.0. The number of carboxylic acids is 2. The molecular weight excluding hydrogens is 741 g/mol. The summed E-state index contributed by atoms with van der Waals surface area (Å²) in [7, 11) is -7.29. The maximum absolute atomic E-state index is 11.4. The smallest absolute Gasteiger partial charge is 0.549 e. The van der Waals surface area contributed by atoms with Crippen LogP contribution in [0.1, 0.15) is 206 Å². The minimum absolute atomic E-state index is 0. The van der Waals surface area contributed by atoms with Gasteiger partial charge in [0.25, 0.3) is 0 Å². The molecule has 0 radical (unpaired) electrons. The number of nitrogens with one attached hydrogen (secondary N) is 2. The van der Waals surface area contributed by atoms with Gasteiger partial charge in [0.2, 0.25) is 20.0 Å². The Morgan fingerprint density at radius 2 is 0.623 bits per heavy atom. The molecule has 2 N–H and O–H groups in total. The van der Waals surface area contributed by atoms with Crippen LogP contribution < -0.4 is 19.7 Å². The van der Waals surface area contributed by atoms with Gasteiger partial charge < -0.3 is 19.8 Å². The average molecular weight is 817 g/mol. The molecule has 0 saturated heterocycles. The zero-order valence-electron chi connectivity index (χ0n) is 33.7. The van der Waals surface area contributed by atoms with Crippen LogP contribution in [0.25, 0.3) is 0 Å². The van der Waals surface area contributed by atoms with Crippen LogP contribution in [-0.2, 0) is 29.6 Å². The fourth-order valence-corrected chi connectivity index (χ4v) is 7.33. The van der Waals surface area contributed by atoms with E-state index in [-0.39, 0.29) is 37.7 Å². The predicted molar refractivity (Wildman–Crippen MR) is 218 cm³/mol. The number of carboxylic acid groups (broad SMARTS) is 2. The molecule has 0 aromatic rings. The molecule has 0 aromatic heterocycles. The second-order valence-electron chi connectivity index (χ2n) is 14.0. The fourth-order valence-electron chi connectivity index (χ4n) is 5.72. The predicted octanol–water partition coefficient (Wildman–Crippen LogP) is 7.70. The maximum atomic E-state index is 11.4. The Labute approximate surface area is 355 Å². The van der Waals surface area contributed by atoms with E-state index < -0.39 is 45.1 Å². The number of unbranched alkanes of at least 4 members (excludes halogenated alkanes) is 28. The van der Waals surface area contributed by atoms with Crippen molar-refractivity contribution in [1.29, 1.82) is 0 Å². The first-order valence-electron chi connectivity index (χ1n) is 20.7. The van der Waals surface area contributed by atoms with E-state index in [0.29, 0.717) is 12.8 Å². The van der Waals surface area contributed by atoms with Crippen molar-refractivity contribution in [3.05, 3.63) is 23.0 Å². The molecule has 308 valence electrons. The summed E-state index contributed by atoms with van der Waals surface area (Å²) in [6.07, 6.45) is 40.9. The van der Waals surface area contributed by atoms with Crippen molar-refractivity contribution in [1.82, 2.24) is 9.44 Å². The molecule has 0 amide bonds. The quantitative estimate of drug-likeness (QED) is 0.0471. The largest absolute Gasteiger partial charge is 2.00 e. The van der Waals surface area contributed by atoms with Crippen molar-refractivity contribution in [3.63, 3.8) is 0 Å². The molecule has 0 aliphatic rings. The van der Waals surface area contributed by atoms with Gasteiger partial charge >= 0.3 is 37.7 Å². The Kier molecular flexibility index (Phi) is 45.7. The van der Waals surface area contributed by atoms with Crippen molar-refractivity contribution in [2.75, 3.05) is 13.1 Å². The van der Waals surface area contributed by atoms with Crippen LogP contribution >= 0.6 is 0 Å². The Hall–Kier alpha value is -0.500. The Morgan fingerprint density at radius 3 is 0.830 bits per heavy atom. The van der Waals surface area contributed by atoms with E-state index in [1.54, 1.807) is 12.2 Å². The molecule has 0 heterocycles. The van der Waals surface area contributed by atoms with E-state index in [1.165, 1.54) is 154 Å². The number of carbonyl (C=O) groups is 2. The van der Waals surface area contributed by atoms with Crippen molar-refractivity contribution < 1.29 is 36.6 Å². The van der Waals surface area contributed by atoms with Crippen molar-refractivity contribution in [2.45, 2.75) is 206 Å². The first-order chi connectivity index (χ1) is 25.0. The number of aliphatic carboxylic acids is 2. The molecule has 0 aliphatic heterocycles. The Balaban J connectivity index is -0.000000926. The topological polar surface area (TPSA) is 173 Å². The molecule has 13 heteroatoms. The molecule has 0 atom stereocenters. The molecule has 0 unspecified atom stereocenters. The van der Waals surface area contributed by atoms with Crippen LogP contribution in [0.15, 0.2) is 23.0 Å². The van der Waals surface area contributed by atoms with Crippen molar-refractivity contribution in [3.8, 4) is 0 Å². The second-order valence-corrected chi connectivity index (χ2v) is 17.3. The van der Waals surface area contributed by atoms with Gasteiger partial charge in [0.05, 0.1) is 25.0 Å². The first kappa shape index (κ1) is 56.8. The summed E-state index contributed by atoms with van der Waals surface area (Å²) < 4.78 is 49.4. The fraction of sp³-hybridized carbons (Fsp3) is 0.850. The van der Waals surface area contributed by atoms with Gasteiger partial charge in [0, 0.05) is 10.8 Å². The van der Waals surface area contributed by atoms with Gasteiger partial charge in [-0.2, -0.15) is 0 Å². The van der Waals surface area contributed by atoms with Gasteiger partial charge in [-0.1, -0.05) is 193 Å². The number of rotatable bonds is 38. The van der Waals surface area contributed by atoms with Gasteiger partial charge in [0.15, 0.2) is 0 Å².